The van der Waals surface area contributed by atoms with Crippen LogP contribution in [-0.2, 0) is 4.74 Å². The molecule has 0 radical (unpaired) electrons. The zero-order valence-corrected chi connectivity index (χ0v) is 18.6. The average molecular weight is 456 g/mol. The largest absolute Gasteiger partial charge is 0.507 e. The van der Waals surface area contributed by atoms with Crippen molar-refractivity contribution in [1.29, 1.82) is 0 Å². The maximum absolute atomic E-state index is 12.7. The fourth-order valence-electron chi connectivity index (χ4n) is 4.82. The molecule has 8 heteroatoms. The van der Waals surface area contributed by atoms with Gasteiger partial charge in [-0.3, -0.25) is 4.79 Å². The lowest BCUT2D eigenvalue weighted by molar-refractivity contribution is 0.0953. The van der Waals surface area contributed by atoms with Crippen molar-refractivity contribution < 1.29 is 19.7 Å². The molecule has 5 rings (SSSR count). The Morgan fingerprint density at radius 3 is 2.84 bits per heavy atom. The second-order valence-electron chi connectivity index (χ2n) is 8.44. The van der Waals surface area contributed by atoms with Crippen LogP contribution in [0.15, 0.2) is 36.1 Å². The molecule has 2 aromatic carbocycles. The summed E-state index contributed by atoms with van der Waals surface area (Å²) >= 11 is 6.16. The zero-order chi connectivity index (χ0) is 22.4. The van der Waals surface area contributed by atoms with Crippen molar-refractivity contribution >= 4 is 23.2 Å². The summed E-state index contributed by atoms with van der Waals surface area (Å²) in [6, 6.07) is 8.83. The number of epoxide rings is 1. The van der Waals surface area contributed by atoms with E-state index in [4.69, 9.17) is 16.3 Å². The van der Waals surface area contributed by atoms with Crippen molar-refractivity contribution in [1.82, 2.24) is 15.5 Å². The van der Waals surface area contributed by atoms with Gasteiger partial charge in [-0.1, -0.05) is 17.7 Å². The van der Waals surface area contributed by atoms with Crippen LogP contribution in [0.5, 0.6) is 11.5 Å². The number of ether oxygens (including phenoxy) is 1. The van der Waals surface area contributed by atoms with E-state index in [2.05, 4.69) is 15.5 Å². The molecule has 0 saturated carbocycles. The molecule has 3 aliphatic rings. The minimum Gasteiger partial charge on any atom is -0.507 e. The summed E-state index contributed by atoms with van der Waals surface area (Å²) in [6.07, 6.45) is 2.59. The predicted octanol–water partition coefficient (Wildman–Crippen LogP) is 3.68. The number of hydrogen-bond donors (Lipinski definition) is 4. The van der Waals surface area contributed by atoms with Crippen molar-refractivity contribution in [3.63, 3.8) is 0 Å². The van der Waals surface area contributed by atoms with Crippen LogP contribution in [-0.4, -0.2) is 47.7 Å². The Bertz CT molecular complexity index is 1120. The van der Waals surface area contributed by atoms with E-state index >= 15 is 0 Å². The number of fused-ring (bicyclic) bond motifs is 5. The Morgan fingerprint density at radius 1 is 1.19 bits per heavy atom. The number of aromatic hydroxyl groups is 2. The predicted molar refractivity (Wildman–Crippen MR) is 122 cm³/mol. The topological polar surface area (TPSA) is 97.4 Å². The fourth-order valence-corrected chi connectivity index (χ4v) is 4.98. The van der Waals surface area contributed by atoms with Gasteiger partial charge in [-0.2, -0.15) is 0 Å². The number of phenolic OH excluding ortho intramolecular Hbond substituents is 2. The van der Waals surface area contributed by atoms with Crippen molar-refractivity contribution in [2.24, 2.45) is 0 Å². The van der Waals surface area contributed by atoms with Gasteiger partial charge >= 0.3 is 0 Å². The molecular weight excluding hydrogens is 430 g/mol. The number of rotatable bonds is 6. The third kappa shape index (κ3) is 3.55. The molecule has 1 amide bonds. The van der Waals surface area contributed by atoms with Gasteiger partial charge in [0.25, 0.3) is 5.91 Å². The van der Waals surface area contributed by atoms with Gasteiger partial charge in [-0.15, -0.1) is 0 Å². The first-order valence-corrected chi connectivity index (χ1v) is 11.3. The number of amides is 1. The van der Waals surface area contributed by atoms with Gasteiger partial charge in [-0.25, -0.2) is 0 Å². The second kappa shape index (κ2) is 8.22. The van der Waals surface area contributed by atoms with Gasteiger partial charge in [0.05, 0.1) is 16.8 Å². The van der Waals surface area contributed by atoms with Gasteiger partial charge in [0.1, 0.15) is 11.5 Å². The van der Waals surface area contributed by atoms with Crippen LogP contribution in [0.2, 0.25) is 5.02 Å². The molecule has 2 fully saturated rings. The highest BCUT2D eigenvalue weighted by molar-refractivity contribution is 6.32. The number of carbonyl (C=O) groups is 1. The van der Waals surface area contributed by atoms with Crippen LogP contribution >= 0.6 is 11.6 Å². The molecule has 2 atom stereocenters. The molecule has 3 heterocycles. The summed E-state index contributed by atoms with van der Waals surface area (Å²) < 4.78 is 6.01. The highest BCUT2D eigenvalue weighted by atomic mass is 35.5. The van der Waals surface area contributed by atoms with Crippen LogP contribution in [0.25, 0.3) is 5.70 Å². The van der Waals surface area contributed by atoms with E-state index in [-0.39, 0.29) is 34.6 Å². The third-order valence-electron chi connectivity index (χ3n) is 6.40. The van der Waals surface area contributed by atoms with E-state index in [9.17, 15) is 15.0 Å². The molecule has 2 aromatic rings. The van der Waals surface area contributed by atoms with E-state index in [1.165, 1.54) is 6.07 Å². The summed E-state index contributed by atoms with van der Waals surface area (Å²) in [5.41, 5.74) is 4.12. The molecule has 0 aliphatic carbocycles. The van der Waals surface area contributed by atoms with E-state index in [0.717, 1.165) is 54.9 Å². The smallest absolute Gasteiger partial charge is 0.251 e. The van der Waals surface area contributed by atoms with Crippen molar-refractivity contribution in [2.45, 2.75) is 31.4 Å². The molecule has 0 bridgehead atoms. The Kier molecular flexibility index (Phi) is 5.39. The summed E-state index contributed by atoms with van der Waals surface area (Å²) in [5, 5.41) is 26.7. The minimum atomic E-state index is -0.255. The molecule has 2 saturated heterocycles. The lowest BCUT2D eigenvalue weighted by atomic mass is 9.95. The first-order chi connectivity index (χ1) is 15.5. The van der Waals surface area contributed by atoms with Crippen molar-refractivity contribution in [3.8, 4) is 11.5 Å². The molecule has 4 N–H and O–H groups in total. The van der Waals surface area contributed by atoms with Crippen LogP contribution in [0, 0.1) is 0 Å². The lowest BCUT2D eigenvalue weighted by Gasteiger charge is -2.29. The molecule has 0 aromatic heterocycles. The van der Waals surface area contributed by atoms with Gasteiger partial charge in [0, 0.05) is 35.8 Å². The Labute approximate surface area is 191 Å². The number of benzene rings is 2. The number of halogens is 1. The summed E-state index contributed by atoms with van der Waals surface area (Å²) in [7, 11) is 1.89. The van der Waals surface area contributed by atoms with Crippen LogP contribution < -0.4 is 10.6 Å². The first kappa shape index (κ1) is 21.0. The Hall–Kier alpha value is -2.90. The lowest BCUT2D eigenvalue weighted by Crippen LogP contribution is -2.27. The standard InChI is InChI=1S/C24H26ClN3O4/c1-26-7-3-8-27-24(31)13-5-6-14-15(10-13)22-23(32-22)21(28-9-2-4-18(14)28)16-11-17(25)20(30)12-19(16)29/h5-6,10-12,18,22,26,29-30H,2-4,7-9H2,1H3,(H,27,31). The van der Waals surface area contributed by atoms with Gasteiger partial charge in [0.15, 0.2) is 11.9 Å². The van der Waals surface area contributed by atoms with Crippen molar-refractivity contribution in [3.05, 3.63) is 63.4 Å². The monoisotopic (exact) mass is 455 g/mol. The second-order valence-corrected chi connectivity index (χ2v) is 8.85. The molecule has 168 valence electrons. The molecule has 3 aliphatic heterocycles. The van der Waals surface area contributed by atoms with Crippen LogP contribution in [0.1, 0.15) is 58.5 Å². The number of nitrogens with one attached hydrogen (secondary N) is 2. The summed E-state index contributed by atoms with van der Waals surface area (Å²) in [5.74, 6) is 0.471. The zero-order valence-electron chi connectivity index (χ0n) is 17.8. The van der Waals surface area contributed by atoms with Gasteiger partial charge in [-0.05, 0) is 56.6 Å². The maximum Gasteiger partial charge on any atom is 0.251 e. The van der Waals surface area contributed by atoms with E-state index in [0.29, 0.717) is 17.7 Å². The fraction of sp³-hybridized carbons (Fsp3) is 0.375. The summed E-state index contributed by atoms with van der Waals surface area (Å²) in [6.45, 7) is 2.29. The van der Waals surface area contributed by atoms with E-state index in [1.807, 2.05) is 25.2 Å². The number of hydrogen-bond acceptors (Lipinski definition) is 6. The number of phenols is 2. The normalized spacial score (nSPS) is 20.8. The number of nitrogens with zero attached hydrogens (tertiary/aromatic N) is 1. The van der Waals surface area contributed by atoms with Crippen LogP contribution in [0.4, 0.5) is 0 Å². The third-order valence-corrected chi connectivity index (χ3v) is 6.70. The minimum absolute atomic E-state index is 0.0399. The number of carbonyl (C=O) groups excluding carboxylic acids is 1. The highest BCUT2D eigenvalue weighted by Gasteiger charge is 2.48. The first-order valence-electron chi connectivity index (χ1n) is 11.0. The summed E-state index contributed by atoms with van der Waals surface area (Å²) in [4.78, 5) is 14.9. The average Bonchev–Trinajstić information content (AvgIpc) is 3.44. The maximum atomic E-state index is 12.7. The van der Waals surface area contributed by atoms with E-state index in [1.54, 1.807) is 6.07 Å². The molecule has 2 unspecified atom stereocenters. The van der Waals surface area contributed by atoms with Gasteiger partial charge in [0.2, 0.25) is 0 Å². The molecule has 0 spiro atoms. The van der Waals surface area contributed by atoms with Gasteiger partial charge < -0.3 is 30.5 Å². The van der Waals surface area contributed by atoms with Crippen molar-refractivity contribution in [2.75, 3.05) is 26.7 Å². The molecule has 7 nitrogen and oxygen atoms in total. The highest BCUT2D eigenvalue weighted by Crippen LogP contribution is 2.57. The molecular formula is C24H26ClN3O4. The molecule has 32 heavy (non-hydrogen) atoms. The quantitative estimate of drug-likeness (QED) is 0.392. The Balaban J connectivity index is 1.51. The SMILES string of the molecule is CNCCCNC(=O)c1ccc2c(c1)C1OC1=C(c1cc(Cl)c(O)cc1O)N1CCCC21. The van der Waals surface area contributed by atoms with E-state index < -0.39 is 0 Å². The van der Waals surface area contributed by atoms with Crippen LogP contribution in [0.3, 0.4) is 0 Å². The Morgan fingerprint density at radius 2 is 2.03 bits per heavy atom.